The summed E-state index contributed by atoms with van der Waals surface area (Å²) in [5.74, 6) is -1.87. The second kappa shape index (κ2) is 5.25. The molecule has 1 rings (SSSR count). The Labute approximate surface area is 111 Å². The standard InChI is InChI=1S/C14H19F2NO2/c1-13(2,14(3,4)19)17-12(18)7-9-5-6-10(15)8-11(9)16/h5-6,8,19H,7H2,1-4H3,(H,17,18). The van der Waals surface area contributed by atoms with Crippen LogP contribution in [0.2, 0.25) is 0 Å². The van der Waals surface area contributed by atoms with E-state index < -0.39 is 28.7 Å². The molecule has 0 atom stereocenters. The number of aliphatic hydroxyl groups is 1. The molecule has 0 saturated carbocycles. The van der Waals surface area contributed by atoms with E-state index in [0.29, 0.717) is 0 Å². The summed E-state index contributed by atoms with van der Waals surface area (Å²) in [5.41, 5.74) is -1.87. The van der Waals surface area contributed by atoms with Gasteiger partial charge in [0.25, 0.3) is 0 Å². The highest BCUT2D eigenvalue weighted by Crippen LogP contribution is 2.20. The van der Waals surface area contributed by atoms with Gasteiger partial charge in [0.05, 0.1) is 17.6 Å². The van der Waals surface area contributed by atoms with Crippen molar-refractivity contribution in [2.75, 3.05) is 0 Å². The molecule has 0 aliphatic heterocycles. The summed E-state index contributed by atoms with van der Waals surface area (Å²) in [6.45, 7) is 6.50. The van der Waals surface area contributed by atoms with Gasteiger partial charge in [-0.3, -0.25) is 4.79 Å². The largest absolute Gasteiger partial charge is 0.388 e. The number of benzene rings is 1. The molecule has 0 aliphatic carbocycles. The molecule has 0 unspecified atom stereocenters. The molecule has 0 radical (unpaired) electrons. The molecule has 0 fully saturated rings. The number of hydrogen-bond acceptors (Lipinski definition) is 2. The van der Waals surface area contributed by atoms with Gasteiger partial charge in [0.15, 0.2) is 0 Å². The van der Waals surface area contributed by atoms with Crippen molar-refractivity contribution < 1.29 is 18.7 Å². The number of carbonyl (C=O) groups excluding carboxylic acids is 1. The number of halogens is 2. The van der Waals surface area contributed by atoms with Gasteiger partial charge in [-0.05, 0) is 39.3 Å². The summed E-state index contributed by atoms with van der Waals surface area (Å²) in [4.78, 5) is 11.8. The van der Waals surface area contributed by atoms with E-state index in [0.717, 1.165) is 12.1 Å². The first-order valence-corrected chi connectivity index (χ1v) is 6.00. The predicted octanol–water partition coefficient (Wildman–Crippen LogP) is 2.17. The molecular formula is C14H19F2NO2. The molecule has 1 amide bonds. The summed E-state index contributed by atoms with van der Waals surface area (Å²) in [7, 11) is 0. The van der Waals surface area contributed by atoms with E-state index in [-0.39, 0.29) is 12.0 Å². The van der Waals surface area contributed by atoms with Crippen LogP contribution >= 0.6 is 0 Å². The fourth-order valence-corrected chi connectivity index (χ4v) is 1.38. The monoisotopic (exact) mass is 271 g/mol. The van der Waals surface area contributed by atoms with E-state index in [1.54, 1.807) is 27.7 Å². The third-order valence-corrected chi connectivity index (χ3v) is 3.35. The van der Waals surface area contributed by atoms with Gasteiger partial charge in [0, 0.05) is 6.07 Å². The zero-order chi connectivity index (χ0) is 14.8. The lowest BCUT2D eigenvalue weighted by atomic mass is 9.86. The van der Waals surface area contributed by atoms with Crippen LogP contribution in [0.4, 0.5) is 8.78 Å². The molecule has 2 N–H and O–H groups in total. The van der Waals surface area contributed by atoms with Gasteiger partial charge < -0.3 is 10.4 Å². The smallest absolute Gasteiger partial charge is 0.225 e. The van der Waals surface area contributed by atoms with E-state index in [4.69, 9.17) is 0 Å². The van der Waals surface area contributed by atoms with Crippen molar-refractivity contribution in [2.45, 2.75) is 45.3 Å². The van der Waals surface area contributed by atoms with Gasteiger partial charge in [0.1, 0.15) is 11.6 Å². The Kier molecular flexibility index (Phi) is 4.30. The van der Waals surface area contributed by atoms with E-state index in [9.17, 15) is 18.7 Å². The molecule has 0 heterocycles. The van der Waals surface area contributed by atoms with Gasteiger partial charge in [-0.25, -0.2) is 8.78 Å². The molecule has 5 heteroatoms. The van der Waals surface area contributed by atoms with Crippen LogP contribution in [0.15, 0.2) is 18.2 Å². The number of hydrogen-bond donors (Lipinski definition) is 2. The van der Waals surface area contributed by atoms with Crippen molar-refractivity contribution in [3.8, 4) is 0 Å². The molecule has 0 spiro atoms. The molecule has 19 heavy (non-hydrogen) atoms. The summed E-state index contributed by atoms with van der Waals surface area (Å²) in [6.07, 6.45) is -0.203. The van der Waals surface area contributed by atoms with Crippen LogP contribution < -0.4 is 5.32 Å². The molecule has 1 aromatic carbocycles. The number of amides is 1. The Morgan fingerprint density at radius 3 is 2.32 bits per heavy atom. The van der Waals surface area contributed by atoms with E-state index in [1.807, 2.05) is 0 Å². The summed E-state index contributed by atoms with van der Waals surface area (Å²) < 4.78 is 26.1. The Balaban J connectivity index is 2.76. The van der Waals surface area contributed by atoms with Gasteiger partial charge >= 0.3 is 0 Å². The van der Waals surface area contributed by atoms with E-state index in [2.05, 4.69) is 5.32 Å². The maximum Gasteiger partial charge on any atom is 0.225 e. The highest BCUT2D eigenvalue weighted by Gasteiger charge is 2.36. The van der Waals surface area contributed by atoms with Crippen LogP contribution in [0.25, 0.3) is 0 Å². The minimum Gasteiger partial charge on any atom is -0.388 e. The first kappa shape index (κ1) is 15.6. The number of rotatable bonds is 4. The summed E-state index contributed by atoms with van der Waals surface area (Å²) >= 11 is 0. The fraction of sp³-hybridized carbons (Fsp3) is 0.500. The van der Waals surface area contributed by atoms with Gasteiger partial charge in [0.2, 0.25) is 5.91 Å². The SMILES string of the molecule is CC(C)(O)C(C)(C)NC(=O)Cc1ccc(F)cc1F. The lowest BCUT2D eigenvalue weighted by Gasteiger charge is -2.38. The third-order valence-electron chi connectivity index (χ3n) is 3.35. The number of nitrogens with one attached hydrogen (secondary N) is 1. The molecule has 0 aliphatic rings. The van der Waals surface area contributed by atoms with Crippen LogP contribution in [0.1, 0.15) is 33.3 Å². The molecule has 0 saturated heterocycles. The fourth-order valence-electron chi connectivity index (χ4n) is 1.38. The lowest BCUT2D eigenvalue weighted by Crippen LogP contribution is -2.58. The third kappa shape index (κ3) is 3.99. The molecular weight excluding hydrogens is 252 g/mol. The second-order valence-corrected chi connectivity index (χ2v) is 5.64. The first-order chi connectivity index (χ1) is 8.53. The van der Waals surface area contributed by atoms with Crippen LogP contribution in [-0.4, -0.2) is 22.2 Å². The highest BCUT2D eigenvalue weighted by molar-refractivity contribution is 5.79. The molecule has 0 bridgehead atoms. The summed E-state index contributed by atoms with van der Waals surface area (Å²) in [6, 6.07) is 3.08. The van der Waals surface area contributed by atoms with Gasteiger partial charge in [-0.15, -0.1) is 0 Å². The summed E-state index contributed by atoms with van der Waals surface area (Å²) in [5, 5.41) is 12.6. The van der Waals surface area contributed by atoms with Crippen molar-refractivity contribution in [1.82, 2.24) is 5.32 Å². The minimum absolute atomic E-state index is 0.116. The first-order valence-electron chi connectivity index (χ1n) is 6.00. The van der Waals surface area contributed by atoms with Crippen molar-refractivity contribution in [3.63, 3.8) is 0 Å². The van der Waals surface area contributed by atoms with Crippen LogP contribution in [0.5, 0.6) is 0 Å². The quantitative estimate of drug-likeness (QED) is 0.881. The van der Waals surface area contributed by atoms with Gasteiger partial charge in [-0.2, -0.15) is 0 Å². The predicted molar refractivity (Wildman–Crippen MR) is 68.6 cm³/mol. The molecule has 3 nitrogen and oxygen atoms in total. The Morgan fingerprint density at radius 2 is 1.84 bits per heavy atom. The highest BCUT2D eigenvalue weighted by atomic mass is 19.1. The Bertz CT molecular complexity index is 479. The van der Waals surface area contributed by atoms with E-state index in [1.165, 1.54) is 6.07 Å². The van der Waals surface area contributed by atoms with E-state index >= 15 is 0 Å². The molecule has 106 valence electrons. The Hall–Kier alpha value is -1.49. The minimum atomic E-state index is -1.12. The van der Waals surface area contributed by atoms with Crippen molar-refractivity contribution >= 4 is 5.91 Å². The van der Waals surface area contributed by atoms with Crippen molar-refractivity contribution in [3.05, 3.63) is 35.4 Å². The maximum absolute atomic E-state index is 13.4. The van der Waals surface area contributed by atoms with Crippen LogP contribution in [0.3, 0.4) is 0 Å². The lowest BCUT2D eigenvalue weighted by molar-refractivity contribution is -0.125. The topological polar surface area (TPSA) is 49.3 Å². The Morgan fingerprint density at radius 1 is 1.26 bits per heavy atom. The zero-order valence-corrected chi connectivity index (χ0v) is 11.6. The average Bonchev–Trinajstić information content (AvgIpc) is 2.19. The van der Waals surface area contributed by atoms with Crippen LogP contribution in [0, 0.1) is 11.6 Å². The maximum atomic E-state index is 13.4. The number of carbonyl (C=O) groups is 1. The van der Waals surface area contributed by atoms with Gasteiger partial charge in [-0.1, -0.05) is 6.07 Å². The van der Waals surface area contributed by atoms with Crippen molar-refractivity contribution in [1.29, 1.82) is 0 Å². The zero-order valence-electron chi connectivity index (χ0n) is 11.6. The second-order valence-electron chi connectivity index (χ2n) is 5.64. The van der Waals surface area contributed by atoms with Crippen molar-refractivity contribution in [2.24, 2.45) is 0 Å². The van der Waals surface area contributed by atoms with Crippen LogP contribution in [-0.2, 0) is 11.2 Å². The normalized spacial score (nSPS) is 12.4. The molecule has 0 aromatic heterocycles. The average molecular weight is 271 g/mol. The molecule has 1 aromatic rings.